The largest absolute Gasteiger partial charge is 0.345 e. The van der Waals surface area contributed by atoms with E-state index in [9.17, 15) is 0 Å². The Morgan fingerprint density at radius 3 is 2.45 bits per heavy atom. The van der Waals surface area contributed by atoms with Crippen LogP contribution in [0.25, 0.3) is 11.3 Å². The van der Waals surface area contributed by atoms with Crippen LogP contribution in [0.1, 0.15) is 50.0 Å². The summed E-state index contributed by atoms with van der Waals surface area (Å²) in [5, 5.41) is 3.42. The van der Waals surface area contributed by atoms with Crippen LogP contribution in [0, 0.1) is 0 Å². The standard InChI is InChI=1S/C17H23N3/c1-12(2)15-16(13-6-4-3-5-7-13)20-17(19-15)14-8-10-18-11-9-14/h3-7,12,14,18H,8-11H2,1-2H3,(H,19,20). The second kappa shape index (κ2) is 5.80. The van der Waals surface area contributed by atoms with Gasteiger partial charge in [-0.2, -0.15) is 0 Å². The number of hydrogen-bond donors (Lipinski definition) is 2. The zero-order chi connectivity index (χ0) is 13.9. The second-order valence-electron chi connectivity index (χ2n) is 5.93. The number of piperidine rings is 1. The molecule has 0 saturated carbocycles. The summed E-state index contributed by atoms with van der Waals surface area (Å²) in [6.07, 6.45) is 2.36. The van der Waals surface area contributed by atoms with Crippen LogP contribution in [0.15, 0.2) is 30.3 Å². The van der Waals surface area contributed by atoms with Crippen molar-refractivity contribution in [2.75, 3.05) is 13.1 Å². The molecule has 1 saturated heterocycles. The van der Waals surface area contributed by atoms with E-state index < -0.39 is 0 Å². The lowest BCUT2D eigenvalue weighted by atomic mass is 9.97. The lowest BCUT2D eigenvalue weighted by Gasteiger charge is -2.20. The molecule has 0 spiro atoms. The van der Waals surface area contributed by atoms with Crippen molar-refractivity contribution in [2.24, 2.45) is 0 Å². The molecule has 1 fully saturated rings. The van der Waals surface area contributed by atoms with E-state index in [2.05, 4.69) is 54.5 Å². The first kappa shape index (κ1) is 13.4. The van der Waals surface area contributed by atoms with Gasteiger partial charge in [-0.25, -0.2) is 4.98 Å². The lowest BCUT2D eigenvalue weighted by Crippen LogP contribution is -2.27. The minimum atomic E-state index is 0.466. The van der Waals surface area contributed by atoms with Crippen molar-refractivity contribution in [3.63, 3.8) is 0 Å². The summed E-state index contributed by atoms with van der Waals surface area (Å²) in [5.74, 6) is 2.22. The average molecular weight is 269 g/mol. The van der Waals surface area contributed by atoms with E-state index in [0.29, 0.717) is 11.8 Å². The van der Waals surface area contributed by atoms with E-state index in [1.807, 2.05) is 0 Å². The van der Waals surface area contributed by atoms with Crippen molar-refractivity contribution in [2.45, 2.75) is 38.5 Å². The van der Waals surface area contributed by atoms with Gasteiger partial charge in [0.25, 0.3) is 0 Å². The van der Waals surface area contributed by atoms with E-state index >= 15 is 0 Å². The van der Waals surface area contributed by atoms with Crippen LogP contribution in [0.5, 0.6) is 0 Å². The maximum absolute atomic E-state index is 4.94. The molecule has 106 valence electrons. The lowest BCUT2D eigenvalue weighted by molar-refractivity contribution is 0.447. The molecule has 0 atom stereocenters. The third-order valence-corrected chi connectivity index (χ3v) is 4.10. The third-order valence-electron chi connectivity index (χ3n) is 4.10. The van der Waals surface area contributed by atoms with E-state index in [-0.39, 0.29) is 0 Å². The first-order valence-electron chi connectivity index (χ1n) is 7.61. The number of aromatic amines is 1. The van der Waals surface area contributed by atoms with Crippen molar-refractivity contribution < 1.29 is 0 Å². The molecule has 2 N–H and O–H groups in total. The van der Waals surface area contributed by atoms with Gasteiger partial charge in [-0.05, 0) is 31.8 Å². The van der Waals surface area contributed by atoms with Gasteiger partial charge in [0.05, 0.1) is 5.69 Å². The van der Waals surface area contributed by atoms with E-state index in [4.69, 9.17) is 4.98 Å². The summed E-state index contributed by atoms with van der Waals surface area (Å²) >= 11 is 0. The number of rotatable bonds is 3. The van der Waals surface area contributed by atoms with Crippen molar-refractivity contribution in [3.05, 3.63) is 41.9 Å². The maximum Gasteiger partial charge on any atom is 0.110 e. The van der Waals surface area contributed by atoms with Crippen LogP contribution in [-0.2, 0) is 0 Å². The van der Waals surface area contributed by atoms with Crippen LogP contribution >= 0.6 is 0 Å². The molecule has 3 heteroatoms. The molecule has 0 aliphatic carbocycles. The van der Waals surface area contributed by atoms with Crippen LogP contribution < -0.4 is 5.32 Å². The summed E-state index contributed by atoms with van der Waals surface area (Å²) in [6.45, 7) is 6.66. The van der Waals surface area contributed by atoms with Crippen LogP contribution in [-0.4, -0.2) is 23.1 Å². The highest BCUT2D eigenvalue weighted by Crippen LogP contribution is 2.31. The normalized spacial score (nSPS) is 16.8. The number of H-pyrrole nitrogens is 1. The van der Waals surface area contributed by atoms with Crippen LogP contribution in [0.3, 0.4) is 0 Å². The quantitative estimate of drug-likeness (QED) is 0.892. The smallest absolute Gasteiger partial charge is 0.110 e. The first-order valence-corrected chi connectivity index (χ1v) is 7.61. The van der Waals surface area contributed by atoms with Crippen molar-refractivity contribution in [1.82, 2.24) is 15.3 Å². The second-order valence-corrected chi connectivity index (χ2v) is 5.93. The fourth-order valence-corrected chi connectivity index (χ4v) is 2.93. The maximum atomic E-state index is 4.94. The first-order chi connectivity index (χ1) is 9.75. The Balaban J connectivity index is 1.98. The highest BCUT2D eigenvalue weighted by atomic mass is 15.0. The molecular weight excluding hydrogens is 246 g/mol. The highest BCUT2D eigenvalue weighted by molar-refractivity contribution is 5.62. The summed E-state index contributed by atoms with van der Waals surface area (Å²) in [5.41, 5.74) is 3.62. The molecule has 1 aromatic carbocycles. The fraction of sp³-hybridized carbons (Fsp3) is 0.471. The molecule has 0 radical (unpaired) electrons. The Labute approximate surface area is 120 Å². The van der Waals surface area contributed by atoms with E-state index in [1.165, 1.54) is 29.9 Å². The summed E-state index contributed by atoms with van der Waals surface area (Å²) in [6, 6.07) is 10.5. The van der Waals surface area contributed by atoms with Gasteiger partial charge >= 0.3 is 0 Å². The molecule has 2 heterocycles. The molecule has 1 aliphatic heterocycles. The van der Waals surface area contributed by atoms with Crippen LogP contribution in [0.2, 0.25) is 0 Å². The van der Waals surface area contributed by atoms with Crippen molar-refractivity contribution >= 4 is 0 Å². The zero-order valence-corrected chi connectivity index (χ0v) is 12.3. The van der Waals surface area contributed by atoms with E-state index in [0.717, 1.165) is 18.8 Å². The van der Waals surface area contributed by atoms with Gasteiger partial charge in [0.1, 0.15) is 5.82 Å². The van der Waals surface area contributed by atoms with Gasteiger partial charge in [0.15, 0.2) is 0 Å². The van der Waals surface area contributed by atoms with Gasteiger partial charge in [-0.1, -0.05) is 44.2 Å². The van der Waals surface area contributed by atoms with Crippen LogP contribution in [0.4, 0.5) is 0 Å². The third kappa shape index (κ3) is 2.63. The topological polar surface area (TPSA) is 40.7 Å². The van der Waals surface area contributed by atoms with Crippen molar-refractivity contribution in [3.8, 4) is 11.3 Å². The van der Waals surface area contributed by atoms with Gasteiger partial charge in [0, 0.05) is 17.2 Å². The molecular formula is C17H23N3. The molecule has 2 aromatic rings. The zero-order valence-electron chi connectivity index (χ0n) is 12.3. The monoisotopic (exact) mass is 269 g/mol. The number of aromatic nitrogens is 2. The number of nitrogens with zero attached hydrogens (tertiary/aromatic N) is 1. The summed E-state index contributed by atoms with van der Waals surface area (Å²) < 4.78 is 0. The fourth-order valence-electron chi connectivity index (χ4n) is 2.93. The Bertz CT molecular complexity index is 551. The molecule has 3 rings (SSSR count). The predicted octanol–water partition coefficient (Wildman–Crippen LogP) is 3.67. The molecule has 1 aliphatic rings. The van der Waals surface area contributed by atoms with Gasteiger partial charge in [-0.3, -0.25) is 0 Å². The van der Waals surface area contributed by atoms with E-state index in [1.54, 1.807) is 0 Å². The van der Waals surface area contributed by atoms with Crippen molar-refractivity contribution in [1.29, 1.82) is 0 Å². The predicted molar refractivity (Wildman–Crippen MR) is 83.0 cm³/mol. The molecule has 3 nitrogen and oxygen atoms in total. The summed E-state index contributed by atoms with van der Waals surface area (Å²) in [7, 11) is 0. The Morgan fingerprint density at radius 1 is 1.10 bits per heavy atom. The molecule has 0 bridgehead atoms. The minimum absolute atomic E-state index is 0.466. The minimum Gasteiger partial charge on any atom is -0.345 e. The van der Waals surface area contributed by atoms with Gasteiger partial charge in [-0.15, -0.1) is 0 Å². The van der Waals surface area contributed by atoms with Gasteiger partial charge < -0.3 is 10.3 Å². The number of nitrogens with one attached hydrogen (secondary N) is 2. The molecule has 20 heavy (non-hydrogen) atoms. The molecule has 0 amide bonds. The Morgan fingerprint density at radius 2 is 1.80 bits per heavy atom. The Hall–Kier alpha value is -1.61. The highest BCUT2D eigenvalue weighted by Gasteiger charge is 2.22. The summed E-state index contributed by atoms with van der Waals surface area (Å²) in [4.78, 5) is 8.55. The molecule has 0 unspecified atom stereocenters. The van der Waals surface area contributed by atoms with Gasteiger partial charge in [0.2, 0.25) is 0 Å². The molecule has 1 aromatic heterocycles. The number of benzene rings is 1. The number of hydrogen-bond acceptors (Lipinski definition) is 2. The Kier molecular flexibility index (Phi) is 3.88. The SMILES string of the molecule is CC(C)c1[nH]c(C2CCNCC2)nc1-c1ccccc1. The average Bonchev–Trinajstić information content (AvgIpc) is 2.94. The number of imidazole rings is 1.